The van der Waals surface area contributed by atoms with Crippen molar-refractivity contribution in [2.75, 3.05) is 6.54 Å². The van der Waals surface area contributed by atoms with Crippen LogP contribution < -0.4 is 5.32 Å². The fourth-order valence-corrected chi connectivity index (χ4v) is 3.79. The largest absolute Gasteiger partial charge is 0.363 e. The van der Waals surface area contributed by atoms with Gasteiger partial charge >= 0.3 is 0 Å². The monoisotopic (exact) mass is 347 g/mol. The quantitative estimate of drug-likeness (QED) is 0.473. The summed E-state index contributed by atoms with van der Waals surface area (Å²) in [5.41, 5.74) is 1.24. The van der Waals surface area contributed by atoms with Gasteiger partial charge in [0.15, 0.2) is 5.11 Å². The van der Waals surface area contributed by atoms with Crippen molar-refractivity contribution in [3.05, 3.63) is 30.1 Å². The smallest absolute Gasteiger partial charge is 0.169 e. The number of aromatic nitrogens is 1. The van der Waals surface area contributed by atoms with Gasteiger partial charge in [0.25, 0.3) is 0 Å². The van der Waals surface area contributed by atoms with E-state index in [1.54, 1.807) is 0 Å². The molecule has 0 unspecified atom stereocenters. The van der Waals surface area contributed by atoms with E-state index in [1.165, 1.54) is 69.8 Å². The molecule has 0 spiro atoms. The molecule has 0 radical (unpaired) electrons. The van der Waals surface area contributed by atoms with E-state index in [9.17, 15) is 0 Å². The summed E-state index contributed by atoms with van der Waals surface area (Å²) in [6, 6.07) is 4.75. The predicted octanol–water partition coefficient (Wildman–Crippen LogP) is 5.06. The molecule has 0 aliphatic heterocycles. The Morgan fingerprint density at radius 2 is 1.96 bits per heavy atom. The van der Waals surface area contributed by atoms with E-state index in [2.05, 4.69) is 28.2 Å². The number of rotatable bonds is 10. The Bertz CT molecular complexity index is 457. The van der Waals surface area contributed by atoms with E-state index in [1.807, 2.05) is 18.5 Å². The van der Waals surface area contributed by atoms with E-state index in [0.717, 1.165) is 18.2 Å². The summed E-state index contributed by atoms with van der Waals surface area (Å²) in [5.74, 6) is 0. The molecular weight excluding hydrogens is 314 g/mol. The molecule has 1 saturated carbocycles. The van der Waals surface area contributed by atoms with Crippen molar-refractivity contribution < 1.29 is 0 Å². The third kappa shape index (κ3) is 6.76. The Morgan fingerprint density at radius 1 is 1.21 bits per heavy atom. The highest BCUT2D eigenvalue weighted by Gasteiger charge is 2.24. The van der Waals surface area contributed by atoms with Gasteiger partial charge in [-0.15, -0.1) is 0 Å². The first-order valence-electron chi connectivity index (χ1n) is 9.74. The van der Waals surface area contributed by atoms with Crippen molar-refractivity contribution in [2.24, 2.45) is 0 Å². The number of hydrogen-bond acceptors (Lipinski definition) is 2. The van der Waals surface area contributed by atoms with Gasteiger partial charge in [0, 0.05) is 31.5 Å². The lowest BCUT2D eigenvalue weighted by molar-refractivity contribution is 0.303. The minimum absolute atomic E-state index is 0.592. The molecule has 0 amide bonds. The predicted molar refractivity (Wildman–Crippen MR) is 106 cm³/mol. The summed E-state index contributed by atoms with van der Waals surface area (Å²) in [5, 5.41) is 4.44. The number of nitrogens with zero attached hydrogens (tertiary/aromatic N) is 2. The van der Waals surface area contributed by atoms with Crippen LogP contribution in [0.15, 0.2) is 24.5 Å². The van der Waals surface area contributed by atoms with Crippen LogP contribution in [-0.2, 0) is 6.54 Å². The highest BCUT2D eigenvalue weighted by Crippen LogP contribution is 2.25. The van der Waals surface area contributed by atoms with Crippen LogP contribution in [0.3, 0.4) is 0 Å². The van der Waals surface area contributed by atoms with E-state index in [4.69, 9.17) is 12.2 Å². The van der Waals surface area contributed by atoms with Gasteiger partial charge in [-0.1, -0.05) is 57.9 Å². The highest BCUT2D eigenvalue weighted by molar-refractivity contribution is 7.80. The summed E-state index contributed by atoms with van der Waals surface area (Å²) in [4.78, 5) is 6.64. The Labute approximate surface area is 153 Å². The van der Waals surface area contributed by atoms with Crippen LogP contribution in [-0.4, -0.2) is 27.6 Å². The number of thiocarbonyl (C=S) groups is 1. The summed E-state index contributed by atoms with van der Waals surface area (Å²) < 4.78 is 0. The minimum Gasteiger partial charge on any atom is -0.363 e. The zero-order valence-electron chi connectivity index (χ0n) is 15.2. The first-order valence-corrected chi connectivity index (χ1v) is 10.2. The average Bonchev–Trinajstić information content (AvgIpc) is 3.14. The molecule has 1 N–H and O–H groups in total. The molecule has 0 aromatic carbocycles. The van der Waals surface area contributed by atoms with Crippen molar-refractivity contribution in [3.8, 4) is 0 Å². The Balaban J connectivity index is 1.77. The lowest BCUT2D eigenvalue weighted by Gasteiger charge is -2.31. The van der Waals surface area contributed by atoms with Crippen molar-refractivity contribution in [1.29, 1.82) is 0 Å². The van der Waals surface area contributed by atoms with Gasteiger partial charge in [0.1, 0.15) is 0 Å². The van der Waals surface area contributed by atoms with Crippen molar-refractivity contribution >= 4 is 17.3 Å². The number of hydrogen-bond donors (Lipinski definition) is 1. The number of nitrogens with one attached hydrogen (secondary N) is 1. The fourth-order valence-electron chi connectivity index (χ4n) is 3.47. The highest BCUT2D eigenvalue weighted by atomic mass is 32.1. The first kappa shape index (κ1) is 19.2. The number of unbranched alkanes of at least 4 members (excludes halogenated alkanes) is 5. The molecule has 1 aromatic heterocycles. The van der Waals surface area contributed by atoms with Crippen LogP contribution in [0.1, 0.15) is 76.7 Å². The zero-order chi connectivity index (χ0) is 17.0. The summed E-state index contributed by atoms with van der Waals surface area (Å²) in [6.07, 6.45) is 16.9. The second-order valence-electron chi connectivity index (χ2n) is 6.93. The normalized spacial score (nSPS) is 14.7. The molecule has 1 heterocycles. The second-order valence-corrected chi connectivity index (χ2v) is 7.31. The molecule has 24 heavy (non-hydrogen) atoms. The van der Waals surface area contributed by atoms with Crippen LogP contribution in [0.4, 0.5) is 0 Å². The van der Waals surface area contributed by atoms with Crippen molar-refractivity contribution in [3.63, 3.8) is 0 Å². The maximum Gasteiger partial charge on any atom is 0.169 e. The van der Waals surface area contributed by atoms with Gasteiger partial charge < -0.3 is 10.2 Å². The van der Waals surface area contributed by atoms with E-state index >= 15 is 0 Å². The van der Waals surface area contributed by atoms with Gasteiger partial charge in [-0.05, 0) is 43.1 Å². The van der Waals surface area contributed by atoms with Crippen LogP contribution in [0.2, 0.25) is 0 Å². The van der Waals surface area contributed by atoms with Crippen LogP contribution in [0.5, 0.6) is 0 Å². The molecular formula is C20H33N3S. The minimum atomic E-state index is 0.592. The summed E-state index contributed by atoms with van der Waals surface area (Å²) in [6.45, 7) is 4.14. The zero-order valence-corrected chi connectivity index (χ0v) is 16.0. The molecule has 2 rings (SSSR count). The lowest BCUT2D eigenvalue weighted by atomic mass is 10.1. The second kappa shape index (κ2) is 11.4. The molecule has 0 saturated heterocycles. The van der Waals surface area contributed by atoms with E-state index < -0.39 is 0 Å². The summed E-state index contributed by atoms with van der Waals surface area (Å²) in [7, 11) is 0. The van der Waals surface area contributed by atoms with Crippen LogP contribution in [0, 0.1) is 0 Å². The van der Waals surface area contributed by atoms with Gasteiger partial charge in [-0.2, -0.15) is 0 Å². The molecule has 0 bridgehead atoms. The molecule has 1 aliphatic rings. The van der Waals surface area contributed by atoms with E-state index in [-0.39, 0.29) is 0 Å². The standard InChI is InChI=1S/C20H33N3S/c1-2-3-4-5-6-9-15-22-20(24)23(19-12-7-8-13-19)17-18-11-10-14-21-16-18/h10-11,14,16,19H,2-9,12-13,15,17H2,1H3,(H,22,24). The maximum atomic E-state index is 5.73. The van der Waals surface area contributed by atoms with Crippen molar-refractivity contribution in [2.45, 2.75) is 83.7 Å². The molecule has 1 aromatic rings. The van der Waals surface area contributed by atoms with Crippen LogP contribution in [0.25, 0.3) is 0 Å². The topological polar surface area (TPSA) is 28.2 Å². The molecule has 4 heteroatoms. The van der Waals surface area contributed by atoms with Crippen molar-refractivity contribution in [1.82, 2.24) is 15.2 Å². The maximum absolute atomic E-state index is 5.73. The Morgan fingerprint density at radius 3 is 2.67 bits per heavy atom. The molecule has 3 nitrogen and oxygen atoms in total. The molecule has 0 atom stereocenters. The van der Waals surface area contributed by atoms with Gasteiger partial charge in [0.2, 0.25) is 0 Å². The molecule has 1 aliphatic carbocycles. The SMILES string of the molecule is CCCCCCCCNC(=S)N(Cc1cccnc1)C1CCCC1. The molecule has 1 fully saturated rings. The molecule has 134 valence electrons. The number of pyridine rings is 1. The van der Waals surface area contributed by atoms with Gasteiger partial charge in [-0.25, -0.2) is 0 Å². The Kier molecular flexibility index (Phi) is 9.11. The summed E-state index contributed by atoms with van der Waals surface area (Å²) >= 11 is 5.73. The first-order chi connectivity index (χ1) is 11.8. The Hall–Kier alpha value is -1.16. The average molecular weight is 348 g/mol. The third-order valence-electron chi connectivity index (χ3n) is 4.91. The van der Waals surface area contributed by atoms with Crippen LogP contribution >= 0.6 is 12.2 Å². The van der Waals surface area contributed by atoms with E-state index in [0.29, 0.717) is 6.04 Å². The van der Waals surface area contributed by atoms with Gasteiger partial charge in [-0.3, -0.25) is 4.98 Å². The third-order valence-corrected chi connectivity index (χ3v) is 5.29. The van der Waals surface area contributed by atoms with Gasteiger partial charge in [0.05, 0.1) is 0 Å². The fraction of sp³-hybridized carbons (Fsp3) is 0.700. The lowest BCUT2D eigenvalue weighted by Crippen LogP contribution is -2.44.